The molecule has 0 fully saturated rings. The first-order valence-corrected chi connectivity index (χ1v) is 4.05. The van der Waals surface area contributed by atoms with Crippen molar-refractivity contribution < 1.29 is 9.13 Å². The zero-order chi connectivity index (χ0) is 9.14. The van der Waals surface area contributed by atoms with Crippen LogP contribution in [0, 0.1) is 19.7 Å². The lowest BCUT2D eigenvalue weighted by Gasteiger charge is -2.09. The van der Waals surface area contributed by atoms with Gasteiger partial charge < -0.3 is 4.74 Å². The molecule has 2 heteroatoms. The second-order valence-corrected chi connectivity index (χ2v) is 2.73. The molecule has 1 aromatic carbocycles. The van der Waals surface area contributed by atoms with Crippen LogP contribution < -0.4 is 4.74 Å². The van der Waals surface area contributed by atoms with E-state index in [0.717, 1.165) is 11.3 Å². The smallest absolute Gasteiger partial charge is 0.126 e. The zero-order valence-corrected chi connectivity index (χ0v) is 7.65. The Morgan fingerprint density at radius 2 is 1.92 bits per heavy atom. The number of ether oxygens (including phenoxy) is 1. The van der Waals surface area contributed by atoms with Crippen LogP contribution in [0.1, 0.15) is 18.1 Å². The first kappa shape index (κ1) is 9.04. The largest absolute Gasteiger partial charge is 0.494 e. The molecule has 0 aliphatic carbocycles. The van der Waals surface area contributed by atoms with Crippen molar-refractivity contribution in [3.63, 3.8) is 0 Å². The van der Waals surface area contributed by atoms with Crippen LogP contribution in [0.4, 0.5) is 4.39 Å². The van der Waals surface area contributed by atoms with Gasteiger partial charge in [0, 0.05) is 0 Å². The van der Waals surface area contributed by atoms with Gasteiger partial charge in [-0.15, -0.1) is 0 Å². The van der Waals surface area contributed by atoms with Gasteiger partial charge in [0.2, 0.25) is 0 Å². The number of rotatable bonds is 2. The third-order valence-electron chi connectivity index (χ3n) is 1.97. The molecule has 66 valence electrons. The second-order valence-electron chi connectivity index (χ2n) is 2.73. The summed E-state index contributed by atoms with van der Waals surface area (Å²) in [5.41, 5.74) is 1.55. The molecular formula is C10H13FO. The minimum atomic E-state index is -0.170. The van der Waals surface area contributed by atoms with Crippen molar-refractivity contribution in [1.29, 1.82) is 0 Å². The van der Waals surface area contributed by atoms with Crippen LogP contribution in [0.5, 0.6) is 5.75 Å². The molecule has 0 atom stereocenters. The van der Waals surface area contributed by atoms with Crippen molar-refractivity contribution >= 4 is 0 Å². The molecule has 0 radical (unpaired) electrons. The summed E-state index contributed by atoms with van der Waals surface area (Å²) >= 11 is 0. The fourth-order valence-corrected chi connectivity index (χ4v) is 1.07. The molecule has 0 spiro atoms. The summed E-state index contributed by atoms with van der Waals surface area (Å²) in [6.07, 6.45) is 0. The molecule has 0 saturated carbocycles. The topological polar surface area (TPSA) is 9.23 Å². The third kappa shape index (κ3) is 1.58. The molecule has 0 heterocycles. The third-order valence-corrected chi connectivity index (χ3v) is 1.97. The molecule has 0 bridgehead atoms. The van der Waals surface area contributed by atoms with Crippen LogP contribution in [-0.2, 0) is 0 Å². The van der Waals surface area contributed by atoms with E-state index in [1.807, 2.05) is 13.8 Å². The quantitative estimate of drug-likeness (QED) is 0.659. The highest BCUT2D eigenvalue weighted by molar-refractivity contribution is 5.39. The molecule has 1 rings (SSSR count). The fourth-order valence-electron chi connectivity index (χ4n) is 1.07. The highest BCUT2D eigenvalue weighted by atomic mass is 19.1. The number of benzene rings is 1. The lowest BCUT2D eigenvalue weighted by Crippen LogP contribution is -1.96. The molecule has 0 aliphatic heterocycles. The van der Waals surface area contributed by atoms with Gasteiger partial charge in [-0.2, -0.15) is 0 Å². The molecular weight excluding hydrogens is 155 g/mol. The predicted octanol–water partition coefficient (Wildman–Crippen LogP) is 2.84. The van der Waals surface area contributed by atoms with Gasteiger partial charge in [0.1, 0.15) is 11.6 Å². The molecule has 0 N–H and O–H groups in total. The molecule has 1 aromatic rings. The van der Waals surface area contributed by atoms with E-state index in [9.17, 15) is 4.39 Å². The molecule has 12 heavy (non-hydrogen) atoms. The van der Waals surface area contributed by atoms with Crippen LogP contribution >= 0.6 is 0 Å². The van der Waals surface area contributed by atoms with Crippen LogP contribution in [-0.4, -0.2) is 6.61 Å². The van der Waals surface area contributed by atoms with E-state index in [1.165, 1.54) is 6.07 Å². The Balaban J connectivity index is 3.08. The van der Waals surface area contributed by atoms with Gasteiger partial charge in [0.05, 0.1) is 6.61 Å². The first-order chi connectivity index (χ1) is 5.66. The summed E-state index contributed by atoms with van der Waals surface area (Å²) in [6.45, 7) is 6.15. The van der Waals surface area contributed by atoms with Crippen LogP contribution in [0.25, 0.3) is 0 Å². The summed E-state index contributed by atoms with van der Waals surface area (Å²) in [5.74, 6) is 0.604. The summed E-state index contributed by atoms with van der Waals surface area (Å²) in [4.78, 5) is 0. The van der Waals surface area contributed by atoms with E-state index in [4.69, 9.17) is 4.74 Å². The Kier molecular flexibility index (Phi) is 2.69. The molecule has 0 aromatic heterocycles. The van der Waals surface area contributed by atoms with Crippen LogP contribution in [0.2, 0.25) is 0 Å². The average Bonchev–Trinajstić information content (AvgIpc) is 2.07. The highest BCUT2D eigenvalue weighted by Crippen LogP contribution is 2.22. The SMILES string of the molecule is CCOc1ccc(F)c(C)c1C. The lowest BCUT2D eigenvalue weighted by atomic mass is 10.1. The Bertz CT molecular complexity index is 281. The van der Waals surface area contributed by atoms with Crippen molar-refractivity contribution in [3.8, 4) is 5.75 Å². The number of hydrogen-bond acceptors (Lipinski definition) is 1. The second kappa shape index (κ2) is 3.57. The normalized spacial score (nSPS) is 10.0. The maximum atomic E-state index is 12.9. The first-order valence-electron chi connectivity index (χ1n) is 4.05. The van der Waals surface area contributed by atoms with Crippen molar-refractivity contribution in [2.45, 2.75) is 20.8 Å². The Labute approximate surface area is 72.2 Å². The van der Waals surface area contributed by atoms with Gasteiger partial charge >= 0.3 is 0 Å². The standard InChI is InChI=1S/C10H13FO/c1-4-12-10-6-5-9(11)7(2)8(10)3/h5-6H,4H2,1-3H3. The van der Waals surface area contributed by atoms with E-state index in [0.29, 0.717) is 12.2 Å². The number of halogens is 1. The summed E-state index contributed by atoms with van der Waals surface area (Å²) < 4.78 is 18.3. The molecule has 1 nitrogen and oxygen atoms in total. The van der Waals surface area contributed by atoms with Crippen LogP contribution in [0.15, 0.2) is 12.1 Å². The van der Waals surface area contributed by atoms with Crippen LogP contribution in [0.3, 0.4) is 0 Å². The minimum Gasteiger partial charge on any atom is -0.494 e. The maximum absolute atomic E-state index is 12.9. The van der Waals surface area contributed by atoms with E-state index in [1.54, 1.807) is 13.0 Å². The Hall–Kier alpha value is -1.05. The molecule has 0 saturated heterocycles. The average molecular weight is 168 g/mol. The van der Waals surface area contributed by atoms with Gasteiger partial charge in [-0.05, 0) is 44.0 Å². The van der Waals surface area contributed by atoms with Crippen molar-refractivity contribution in [2.75, 3.05) is 6.61 Å². The van der Waals surface area contributed by atoms with Gasteiger partial charge in [0.15, 0.2) is 0 Å². The van der Waals surface area contributed by atoms with Gasteiger partial charge in [-0.25, -0.2) is 4.39 Å². The van der Waals surface area contributed by atoms with E-state index >= 15 is 0 Å². The Morgan fingerprint density at radius 1 is 1.25 bits per heavy atom. The Morgan fingerprint density at radius 3 is 2.50 bits per heavy atom. The summed E-state index contributed by atoms with van der Waals surface area (Å²) in [6, 6.07) is 3.11. The van der Waals surface area contributed by atoms with E-state index < -0.39 is 0 Å². The lowest BCUT2D eigenvalue weighted by molar-refractivity contribution is 0.337. The maximum Gasteiger partial charge on any atom is 0.126 e. The minimum absolute atomic E-state index is 0.170. The van der Waals surface area contributed by atoms with Crippen molar-refractivity contribution in [3.05, 3.63) is 29.1 Å². The highest BCUT2D eigenvalue weighted by Gasteiger charge is 2.05. The zero-order valence-electron chi connectivity index (χ0n) is 7.65. The molecule has 0 unspecified atom stereocenters. The summed E-state index contributed by atoms with van der Waals surface area (Å²) in [7, 11) is 0. The monoisotopic (exact) mass is 168 g/mol. The number of hydrogen-bond donors (Lipinski definition) is 0. The van der Waals surface area contributed by atoms with Gasteiger partial charge in [-0.3, -0.25) is 0 Å². The van der Waals surface area contributed by atoms with Crippen molar-refractivity contribution in [2.24, 2.45) is 0 Å². The van der Waals surface area contributed by atoms with Gasteiger partial charge in [-0.1, -0.05) is 0 Å². The van der Waals surface area contributed by atoms with E-state index in [2.05, 4.69) is 0 Å². The predicted molar refractivity (Wildman–Crippen MR) is 47.0 cm³/mol. The van der Waals surface area contributed by atoms with E-state index in [-0.39, 0.29) is 5.82 Å². The van der Waals surface area contributed by atoms with Crippen molar-refractivity contribution in [1.82, 2.24) is 0 Å². The molecule has 0 amide bonds. The fraction of sp³-hybridized carbons (Fsp3) is 0.400. The van der Waals surface area contributed by atoms with Gasteiger partial charge in [0.25, 0.3) is 0 Å². The summed E-state index contributed by atoms with van der Waals surface area (Å²) in [5, 5.41) is 0. The molecule has 0 aliphatic rings.